The SMILES string of the molecule is Cc1ccnc(Oc2ccc(-c3cc4c(cc3F)ncc3[nH]c(C)nc34)c(Cl)c2)n1.O=C(CO)N1CCNCC1. The number of carbonyl (C=O) groups excluding carboxylic acids is 1. The van der Waals surface area contributed by atoms with Crippen molar-refractivity contribution >= 4 is 39.4 Å². The van der Waals surface area contributed by atoms with E-state index in [9.17, 15) is 9.18 Å². The number of amides is 1. The topological polar surface area (TPSA) is 129 Å². The molecule has 0 atom stereocenters. The van der Waals surface area contributed by atoms with Crippen LogP contribution >= 0.6 is 11.6 Å². The Kier molecular flexibility index (Phi) is 8.15. The fourth-order valence-electron chi connectivity index (χ4n) is 4.38. The molecule has 0 aliphatic carbocycles. The fraction of sp³-hybridized carbons (Fsp3) is 0.250. The van der Waals surface area contributed by atoms with E-state index < -0.39 is 5.82 Å². The lowest BCUT2D eigenvalue weighted by molar-refractivity contribution is -0.134. The molecular weight excluding hydrogens is 537 g/mol. The molecule has 4 heterocycles. The lowest BCUT2D eigenvalue weighted by atomic mass is 10.0. The predicted molar refractivity (Wildman–Crippen MR) is 150 cm³/mol. The molecule has 1 fully saturated rings. The Bertz CT molecular complexity index is 1690. The van der Waals surface area contributed by atoms with Crippen molar-refractivity contribution in [2.45, 2.75) is 13.8 Å². The summed E-state index contributed by atoms with van der Waals surface area (Å²) in [6.45, 7) is 6.47. The van der Waals surface area contributed by atoms with Gasteiger partial charge in [-0.25, -0.2) is 19.3 Å². The molecule has 1 saturated heterocycles. The van der Waals surface area contributed by atoms with E-state index in [1.54, 1.807) is 47.6 Å². The van der Waals surface area contributed by atoms with Crippen LogP contribution in [-0.2, 0) is 4.79 Å². The first-order chi connectivity index (χ1) is 19.3. The van der Waals surface area contributed by atoms with E-state index in [-0.39, 0.29) is 18.5 Å². The summed E-state index contributed by atoms with van der Waals surface area (Å²) in [6, 6.07) is 10.1. The third-order valence-corrected chi connectivity index (χ3v) is 6.65. The summed E-state index contributed by atoms with van der Waals surface area (Å²) in [7, 11) is 0. The molecule has 5 aromatic rings. The zero-order chi connectivity index (χ0) is 28.2. The Morgan fingerprint density at radius 2 is 1.90 bits per heavy atom. The average Bonchev–Trinajstić information content (AvgIpc) is 3.34. The number of nitrogens with one attached hydrogen (secondary N) is 2. The number of halogens is 2. The molecule has 1 aliphatic heterocycles. The van der Waals surface area contributed by atoms with E-state index in [1.165, 1.54) is 6.07 Å². The highest BCUT2D eigenvalue weighted by Crippen LogP contribution is 2.36. The van der Waals surface area contributed by atoms with Crippen LogP contribution < -0.4 is 10.1 Å². The monoisotopic (exact) mass is 563 g/mol. The van der Waals surface area contributed by atoms with Crippen molar-refractivity contribution in [2.75, 3.05) is 32.8 Å². The number of ether oxygens (including phenoxy) is 1. The normalized spacial score (nSPS) is 13.3. The third kappa shape index (κ3) is 6.01. The Hall–Kier alpha value is -4.19. The molecule has 12 heteroatoms. The number of imidazole rings is 1. The Balaban J connectivity index is 0.000000274. The van der Waals surface area contributed by atoms with Crippen LogP contribution in [0.25, 0.3) is 33.1 Å². The summed E-state index contributed by atoms with van der Waals surface area (Å²) in [5.74, 6) is 0.645. The van der Waals surface area contributed by atoms with Gasteiger partial charge in [0.2, 0.25) is 5.91 Å². The first kappa shape index (κ1) is 27.4. The smallest absolute Gasteiger partial charge is 0.322 e. The van der Waals surface area contributed by atoms with Gasteiger partial charge in [-0.15, -0.1) is 0 Å². The molecule has 206 valence electrons. The average molecular weight is 564 g/mol. The summed E-state index contributed by atoms with van der Waals surface area (Å²) in [4.78, 5) is 32.7. The first-order valence-corrected chi connectivity index (χ1v) is 13.0. The number of aromatic nitrogens is 5. The van der Waals surface area contributed by atoms with Crippen molar-refractivity contribution < 1.29 is 19.0 Å². The number of rotatable bonds is 4. The van der Waals surface area contributed by atoms with E-state index >= 15 is 0 Å². The van der Waals surface area contributed by atoms with Crippen molar-refractivity contribution in [1.29, 1.82) is 0 Å². The number of hydrogen-bond acceptors (Lipinski definition) is 8. The van der Waals surface area contributed by atoms with Gasteiger partial charge in [0.1, 0.15) is 24.0 Å². The Morgan fingerprint density at radius 3 is 2.62 bits per heavy atom. The molecule has 40 heavy (non-hydrogen) atoms. The molecule has 0 spiro atoms. The molecule has 2 aromatic carbocycles. The zero-order valence-electron chi connectivity index (χ0n) is 21.9. The maximum atomic E-state index is 14.9. The highest BCUT2D eigenvalue weighted by atomic mass is 35.5. The van der Waals surface area contributed by atoms with Crippen LogP contribution in [0.2, 0.25) is 5.02 Å². The summed E-state index contributed by atoms with van der Waals surface area (Å²) < 4.78 is 20.6. The highest BCUT2D eigenvalue weighted by Gasteiger charge is 2.16. The number of piperazine rings is 1. The van der Waals surface area contributed by atoms with Gasteiger partial charge in [-0.05, 0) is 38.1 Å². The minimum absolute atomic E-state index is 0.165. The van der Waals surface area contributed by atoms with Crippen LogP contribution in [0.1, 0.15) is 11.5 Å². The van der Waals surface area contributed by atoms with Gasteiger partial charge in [0.05, 0.1) is 27.8 Å². The summed E-state index contributed by atoms with van der Waals surface area (Å²) in [5.41, 5.74) is 3.76. The molecule has 6 rings (SSSR count). The van der Waals surface area contributed by atoms with Crippen molar-refractivity contribution in [3.63, 3.8) is 0 Å². The van der Waals surface area contributed by atoms with Gasteiger partial charge >= 0.3 is 6.01 Å². The van der Waals surface area contributed by atoms with E-state index in [1.807, 2.05) is 13.8 Å². The summed E-state index contributed by atoms with van der Waals surface area (Å²) >= 11 is 6.48. The number of fused-ring (bicyclic) bond motifs is 3. The minimum Gasteiger partial charge on any atom is -0.424 e. The number of carbonyl (C=O) groups is 1. The van der Waals surface area contributed by atoms with Gasteiger partial charge in [-0.3, -0.25) is 9.78 Å². The van der Waals surface area contributed by atoms with Crippen LogP contribution in [0.4, 0.5) is 4.39 Å². The van der Waals surface area contributed by atoms with Crippen LogP contribution in [-0.4, -0.2) is 73.6 Å². The maximum Gasteiger partial charge on any atom is 0.322 e. The van der Waals surface area contributed by atoms with Crippen molar-refractivity contribution in [3.8, 4) is 22.9 Å². The quantitative estimate of drug-likeness (QED) is 0.297. The van der Waals surface area contributed by atoms with Crippen LogP contribution in [0, 0.1) is 19.7 Å². The second-order valence-electron chi connectivity index (χ2n) is 9.21. The second-order valence-corrected chi connectivity index (χ2v) is 9.61. The number of hydrogen-bond donors (Lipinski definition) is 3. The zero-order valence-corrected chi connectivity index (χ0v) is 22.7. The Morgan fingerprint density at radius 1 is 1.10 bits per heavy atom. The van der Waals surface area contributed by atoms with E-state index in [4.69, 9.17) is 21.4 Å². The lowest BCUT2D eigenvalue weighted by Gasteiger charge is -2.26. The van der Waals surface area contributed by atoms with E-state index in [0.717, 1.165) is 54.1 Å². The summed E-state index contributed by atoms with van der Waals surface area (Å²) in [6.07, 6.45) is 3.27. The van der Waals surface area contributed by atoms with Gasteiger partial charge in [0.15, 0.2) is 0 Å². The largest absolute Gasteiger partial charge is 0.424 e. The van der Waals surface area contributed by atoms with Crippen LogP contribution in [0.15, 0.2) is 48.8 Å². The number of aromatic amines is 1. The lowest BCUT2D eigenvalue weighted by Crippen LogP contribution is -2.47. The number of benzene rings is 2. The van der Waals surface area contributed by atoms with Gasteiger partial charge in [-0.1, -0.05) is 11.6 Å². The Labute approximate surface area is 234 Å². The van der Waals surface area contributed by atoms with Crippen molar-refractivity contribution in [2.24, 2.45) is 0 Å². The fourth-order valence-corrected chi connectivity index (χ4v) is 4.65. The first-order valence-electron chi connectivity index (χ1n) is 12.6. The van der Waals surface area contributed by atoms with Gasteiger partial charge < -0.3 is 25.0 Å². The second kappa shape index (κ2) is 11.9. The van der Waals surface area contributed by atoms with E-state index in [2.05, 4.69) is 30.2 Å². The molecule has 1 aliphatic rings. The van der Waals surface area contributed by atoms with Crippen molar-refractivity contribution in [1.82, 2.24) is 35.1 Å². The molecule has 3 aromatic heterocycles. The third-order valence-electron chi connectivity index (χ3n) is 6.34. The van der Waals surface area contributed by atoms with E-state index in [0.29, 0.717) is 27.4 Å². The number of aliphatic hydroxyl groups excluding tert-OH is 1. The minimum atomic E-state index is -0.417. The van der Waals surface area contributed by atoms with Crippen LogP contribution in [0.3, 0.4) is 0 Å². The van der Waals surface area contributed by atoms with Gasteiger partial charge in [0.25, 0.3) is 0 Å². The number of H-pyrrole nitrogens is 1. The van der Waals surface area contributed by atoms with Gasteiger partial charge in [0, 0.05) is 66.7 Å². The molecule has 0 bridgehead atoms. The van der Waals surface area contributed by atoms with Crippen molar-refractivity contribution in [3.05, 3.63) is 71.2 Å². The number of nitrogens with zero attached hydrogens (tertiary/aromatic N) is 5. The molecule has 3 N–H and O–H groups in total. The highest BCUT2D eigenvalue weighted by molar-refractivity contribution is 6.33. The molecule has 1 amide bonds. The number of aliphatic hydroxyl groups is 1. The van der Waals surface area contributed by atoms with Gasteiger partial charge in [-0.2, -0.15) is 0 Å². The molecule has 0 radical (unpaired) electrons. The summed E-state index contributed by atoms with van der Waals surface area (Å²) in [5, 5.41) is 12.7. The predicted octanol–water partition coefficient (Wildman–Crippen LogP) is 4.18. The molecule has 0 saturated carbocycles. The maximum absolute atomic E-state index is 14.9. The number of pyridine rings is 1. The van der Waals surface area contributed by atoms with Crippen LogP contribution in [0.5, 0.6) is 11.8 Å². The molecule has 0 unspecified atom stereocenters. The number of aryl methyl sites for hydroxylation is 2. The molecule has 10 nitrogen and oxygen atoms in total. The standard InChI is InChI=1S/C22H15ClFN5O.C6H12N2O2/c1-11-5-6-25-22(27-11)30-13-3-4-14(17(23)7-13)15-8-16-19(9-18(15)24)26-10-20-21(16)29-12(2)28-20;9-5-6(10)8-3-1-7-2-4-8/h3-10H,1-2H3,(H,28,29);7,9H,1-5H2. The molecular formula is C28H27ClFN7O3.